The molecule has 3 saturated carbocycles. The van der Waals surface area contributed by atoms with Crippen molar-refractivity contribution < 1.29 is 34.0 Å². The molecule has 5 atom stereocenters. The third kappa shape index (κ3) is 13.7. The molecule has 0 aliphatic heterocycles. The summed E-state index contributed by atoms with van der Waals surface area (Å²) >= 11 is 0. The van der Waals surface area contributed by atoms with Gasteiger partial charge in [-0.15, -0.1) is 0 Å². The zero-order valence-electron chi connectivity index (χ0n) is 31.7. The van der Waals surface area contributed by atoms with E-state index in [0.29, 0.717) is 67.0 Å². The van der Waals surface area contributed by atoms with Crippen molar-refractivity contribution in [3.63, 3.8) is 0 Å². The Labute approximate surface area is 299 Å². The van der Waals surface area contributed by atoms with Gasteiger partial charge in [0, 0.05) is 36.9 Å². The van der Waals surface area contributed by atoms with Crippen LogP contribution in [0.15, 0.2) is 24.3 Å². The smallest absolute Gasteiger partial charge is 0.333 e. The Morgan fingerprint density at radius 2 is 1.27 bits per heavy atom. The maximum atomic E-state index is 12.1. The van der Waals surface area contributed by atoms with Gasteiger partial charge >= 0.3 is 11.9 Å². The van der Waals surface area contributed by atoms with Gasteiger partial charge in [-0.25, -0.2) is 9.59 Å². The monoisotopic (exact) mass is 689 g/mol. The molecular formula is C42H72O7. The summed E-state index contributed by atoms with van der Waals surface area (Å²) in [6, 6.07) is 0. The number of unbranched alkanes of at least 4 members (excludes halogenated alkanes) is 1. The van der Waals surface area contributed by atoms with Crippen LogP contribution in [0.5, 0.6) is 0 Å². The van der Waals surface area contributed by atoms with Crippen LogP contribution in [0.25, 0.3) is 0 Å². The third-order valence-corrected chi connectivity index (χ3v) is 12.5. The first-order chi connectivity index (χ1) is 23.6. The van der Waals surface area contributed by atoms with Crippen molar-refractivity contribution in [1.82, 2.24) is 0 Å². The van der Waals surface area contributed by atoms with Crippen LogP contribution >= 0.6 is 0 Å². The molecule has 0 saturated heterocycles. The summed E-state index contributed by atoms with van der Waals surface area (Å²) < 4.78 is 17.7. The number of esters is 2. The molecule has 0 aromatic rings. The lowest BCUT2D eigenvalue weighted by Gasteiger charge is -2.49. The molecule has 49 heavy (non-hydrogen) atoms. The zero-order chi connectivity index (χ0) is 35.8. The SMILES string of the molecule is C=C(C)C(=O)OCCCC1CC(C2CCC(C3CCC(CCCC)CC3)CC2C)CC(CCCOC(=O)C(=C)C)C1OCCC(CO)CO. The fourth-order valence-electron chi connectivity index (χ4n) is 9.62. The van der Waals surface area contributed by atoms with Crippen LogP contribution in [-0.4, -0.2) is 61.3 Å². The van der Waals surface area contributed by atoms with Gasteiger partial charge in [-0.2, -0.15) is 0 Å². The van der Waals surface area contributed by atoms with E-state index in [0.717, 1.165) is 56.3 Å². The fourth-order valence-corrected chi connectivity index (χ4v) is 9.62. The topological polar surface area (TPSA) is 102 Å². The third-order valence-electron chi connectivity index (χ3n) is 12.5. The molecule has 0 radical (unpaired) electrons. The van der Waals surface area contributed by atoms with E-state index < -0.39 is 0 Å². The summed E-state index contributed by atoms with van der Waals surface area (Å²) in [5.41, 5.74) is 0.839. The molecule has 5 unspecified atom stereocenters. The van der Waals surface area contributed by atoms with Gasteiger partial charge in [0.25, 0.3) is 0 Å². The predicted molar refractivity (Wildman–Crippen MR) is 197 cm³/mol. The molecule has 2 N–H and O–H groups in total. The van der Waals surface area contributed by atoms with Crippen LogP contribution in [0.4, 0.5) is 0 Å². The van der Waals surface area contributed by atoms with Gasteiger partial charge in [0.15, 0.2) is 0 Å². The van der Waals surface area contributed by atoms with Crippen LogP contribution in [0.1, 0.15) is 137 Å². The van der Waals surface area contributed by atoms with Crippen LogP contribution in [0, 0.1) is 53.3 Å². The van der Waals surface area contributed by atoms with E-state index in [1.807, 2.05) is 0 Å². The Hall–Kier alpha value is -1.70. The zero-order valence-corrected chi connectivity index (χ0v) is 31.7. The molecule has 7 nitrogen and oxygen atoms in total. The van der Waals surface area contributed by atoms with Gasteiger partial charge in [0.1, 0.15) is 0 Å². The molecule has 3 rings (SSSR count). The first kappa shape index (κ1) is 41.7. The summed E-state index contributed by atoms with van der Waals surface area (Å²) in [6.45, 7) is 16.8. The Balaban J connectivity index is 1.70. The molecule has 0 spiro atoms. The van der Waals surface area contributed by atoms with E-state index in [1.54, 1.807) is 13.8 Å². The maximum absolute atomic E-state index is 12.1. The van der Waals surface area contributed by atoms with Crippen molar-refractivity contribution >= 4 is 11.9 Å². The van der Waals surface area contributed by atoms with Crippen LogP contribution in [0.2, 0.25) is 0 Å². The standard InChI is InChI=1S/C42H72O7/c1-7-8-11-32-14-16-34(17-15-32)35-18-19-39(31(6)24-35)38-25-36(12-9-21-48-41(45)29(2)3)40(47-23-20-33(27-43)28-44)37(26-38)13-10-22-49-42(46)30(4)5/h31-40,43-44H,2,4,7-28H2,1,3,5-6H3. The second kappa shape index (κ2) is 22.3. The molecule has 3 fully saturated rings. The van der Waals surface area contributed by atoms with Crippen molar-refractivity contribution in [2.24, 2.45) is 53.3 Å². The Morgan fingerprint density at radius 1 is 0.714 bits per heavy atom. The number of carbonyl (C=O) groups is 2. The highest BCUT2D eigenvalue weighted by molar-refractivity contribution is 5.87. The van der Waals surface area contributed by atoms with E-state index in [-0.39, 0.29) is 37.2 Å². The van der Waals surface area contributed by atoms with Gasteiger partial charge in [0.2, 0.25) is 0 Å². The van der Waals surface area contributed by atoms with E-state index in [9.17, 15) is 19.8 Å². The van der Waals surface area contributed by atoms with Crippen LogP contribution in [0.3, 0.4) is 0 Å². The van der Waals surface area contributed by atoms with E-state index in [1.165, 1.54) is 64.2 Å². The fraction of sp³-hybridized carbons (Fsp3) is 0.857. The molecule has 3 aliphatic carbocycles. The minimum atomic E-state index is -0.337. The number of ether oxygens (including phenoxy) is 3. The largest absolute Gasteiger partial charge is 0.462 e. The molecule has 282 valence electrons. The molecular weight excluding hydrogens is 616 g/mol. The normalized spacial score (nSPS) is 30.6. The number of aliphatic hydroxyl groups excluding tert-OH is 2. The predicted octanol–water partition coefficient (Wildman–Crippen LogP) is 8.85. The average Bonchev–Trinajstić information content (AvgIpc) is 3.09. The lowest BCUT2D eigenvalue weighted by atomic mass is 9.59. The van der Waals surface area contributed by atoms with Crippen molar-refractivity contribution in [2.75, 3.05) is 33.0 Å². The Kier molecular flexibility index (Phi) is 19.0. The summed E-state index contributed by atoms with van der Waals surface area (Å²) in [4.78, 5) is 24.1. The molecule has 0 amide bonds. The lowest BCUT2D eigenvalue weighted by Crippen LogP contribution is -2.44. The highest BCUT2D eigenvalue weighted by atomic mass is 16.5. The Morgan fingerprint density at radius 3 is 1.76 bits per heavy atom. The molecule has 7 heteroatoms. The minimum Gasteiger partial charge on any atom is -0.462 e. The van der Waals surface area contributed by atoms with Crippen molar-refractivity contribution in [2.45, 2.75) is 143 Å². The number of rotatable bonds is 21. The quantitative estimate of drug-likeness (QED) is 0.0706. The van der Waals surface area contributed by atoms with Gasteiger partial charge < -0.3 is 24.4 Å². The molecule has 0 aromatic carbocycles. The van der Waals surface area contributed by atoms with Gasteiger partial charge in [-0.1, -0.05) is 59.1 Å². The highest BCUT2D eigenvalue weighted by Crippen LogP contribution is 2.51. The van der Waals surface area contributed by atoms with Gasteiger partial charge in [-0.05, 0) is 138 Å². The summed E-state index contributed by atoms with van der Waals surface area (Å²) in [7, 11) is 0. The van der Waals surface area contributed by atoms with Crippen molar-refractivity contribution in [3.05, 3.63) is 24.3 Å². The number of hydrogen-bond acceptors (Lipinski definition) is 7. The van der Waals surface area contributed by atoms with Gasteiger partial charge in [0.05, 0.1) is 19.3 Å². The highest BCUT2D eigenvalue weighted by Gasteiger charge is 2.44. The molecule has 0 heterocycles. The summed E-state index contributed by atoms with van der Waals surface area (Å²) in [5, 5.41) is 19.3. The minimum absolute atomic E-state index is 0.0394. The van der Waals surface area contributed by atoms with Crippen LogP contribution < -0.4 is 0 Å². The first-order valence-electron chi connectivity index (χ1n) is 20.1. The lowest BCUT2D eigenvalue weighted by molar-refractivity contribution is -0.139. The van der Waals surface area contributed by atoms with Gasteiger partial charge in [-0.3, -0.25) is 0 Å². The summed E-state index contributed by atoms with van der Waals surface area (Å²) in [5.74, 6) is 4.59. The van der Waals surface area contributed by atoms with E-state index in [2.05, 4.69) is 27.0 Å². The Bertz CT molecular complexity index is 953. The second-order valence-electron chi connectivity index (χ2n) is 16.4. The van der Waals surface area contributed by atoms with Crippen molar-refractivity contribution in [1.29, 1.82) is 0 Å². The molecule has 0 bridgehead atoms. The second-order valence-corrected chi connectivity index (χ2v) is 16.4. The maximum Gasteiger partial charge on any atom is 0.333 e. The number of hydrogen-bond donors (Lipinski definition) is 2. The molecule has 0 aromatic heterocycles. The summed E-state index contributed by atoms with van der Waals surface area (Å²) in [6.07, 6.45) is 20.2. The average molecular weight is 689 g/mol. The van der Waals surface area contributed by atoms with E-state index >= 15 is 0 Å². The molecule has 3 aliphatic rings. The first-order valence-corrected chi connectivity index (χ1v) is 20.1. The number of carbonyl (C=O) groups excluding carboxylic acids is 2. The van der Waals surface area contributed by atoms with E-state index in [4.69, 9.17) is 14.2 Å². The van der Waals surface area contributed by atoms with Crippen molar-refractivity contribution in [3.8, 4) is 0 Å². The van der Waals surface area contributed by atoms with Crippen LogP contribution in [-0.2, 0) is 23.8 Å². The number of aliphatic hydroxyl groups is 2.